The number of aryl methyl sites for hydroxylation is 3. The summed E-state index contributed by atoms with van der Waals surface area (Å²) in [4.78, 5) is 20.8. The zero-order chi connectivity index (χ0) is 24.1. The number of nitrogens with zero attached hydrogens (tertiary/aromatic N) is 6. The van der Waals surface area contributed by atoms with E-state index in [0.717, 1.165) is 54.0 Å². The molecule has 1 fully saturated rings. The Labute approximate surface area is 194 Å². The molecular formula is C23H24F3N7O. The Balaban J connectivity index is 1.27. The lowest BCUT2D eigenvalue weighted by Crippen LogP contribution is -2.45. The highest BCUT2D eigenvalue weighted by Gasteiger charge is 2.42. The van der Waals surface area contributed by atoms with Gasteiger partial charge in [-0.1, -0.05) is 12.1 Å². The third kappa shape index (κ3) is 4.22. The van der Waals surface area contributed by atoms with Gasteiger partial charge in [0.1, 0.15) is 5.82 Å². The molecular weight excluding hydrogens is 447 g/mol. The molecule has 5 rings (SSSR count). The number of amides is 1. The highest BCUT2D eigenvalue weighted by atomic mass is 19.4. The standard InChI is InChI=1S/C23H24F3N7O/c1-14-18(21-29-31-32(2)30-21)12-16-7-8-22(28-20(16)27-14)9-10-33(13-22)19(34)11-15-3-5-17(6-4-15)23(24,25)26/h3-6,12H,7-11,13H2,1-2H3,(H,27,28)/t22-/m1/s1. The number of likely N-dealkylation sites (tertiary alicyclic amines) is 1. The van der Waals surface area contributed by atoms with Crippen LogP contribution in [-0.2, 0) is 30.9 Å². The van der Waals surface area contributed by atoms with Gasteiger partial charge in [-0.15, -0.1) is 10.2 Å². The number of hydrogen-bond acceptors (Lipinski definition) is 6. The van der Waals surface area contributed by atoms with Crippen molar-refractivity contribution >= 4 is 11.7 Å². The topological polar surface area (TPSA) is 88.8 Å². The van der Waals surface area contributed by atoms with Crippen molar-refractivity contribution in [3.8, 4) is 11.4 Å². The van der Waals surface area contributed by atoms with Crippen LogP contribution in [0, 0.1) is 6.92 Å². The average molecular weight is 471 g/mol. The summed E-state index contributed by atoms with van der Waals surface area (Å²) in [5.41, 5.74) is 2.33. The maximum Gasteiger partial charge on any atom is 0.416 e. The van der Waals surface area contributed by atoms with E-state index in [-0.39, 0.29) is 17.9 Å². The van der Waals surface area contributed by atoms with Gasteiger partial charge < -0.3 is 10.2 Å². The Morgan fingerprint density at radius 2 is 1.97 bits per heavy atom. The number of anilines is 1. The number of rotatable bonds is 3. The maximum absolute atomic E-state index is 12.9. The van der Waals surface area contributed by atoms with Crippen molar-refractivity contribution in [1.29, 1.82) is 0 Å². The van der Waals surface area contributed by atoms with Gasteiger partial charge in [0, 0.05) is 18.7 Å². The number of aromatic nitrogens is 5. The van der Waals surface area contributed by atoms with Crippen molar-refractivity contribution in [2.45, 2.75) is 44.3 Å². The van der Waals surface area contributed by atoms with Gasteiger partial charge in [0.2, 0.25) is 11.7 Å². The number of benzene rings is 1. The molecule has 3 aromatic rings. The smallest absolute Gasteiger partial charge is 0.363 e. The van der Waals surface area contributed by atoms with E-state index in [1.165, 1.54) is 16.9 Å². The van der Waals surface area contributed by atoms with Crippen molar-refractivity contribution in [2.75, 3.05) is 18.4 Å². The minimum atomic E-state index is -4.38. The maximum atomic E-state index is 12.9. The Bertz CT molecular complexity index is 1240. The van der Waals surface area contributed by atoms with Crippen LogP contribution in [0.1, 0.15) is 35.2 Å². The highest BCUT2D eigenvalue weighted by molar-refractivity contribution is 5.79. The van der Waals surface area contributed by atoms with Gasteiger partial charge in [-0.05, 0) is 60.7 Å². The minimum absolute atomic E-state index is 0.0800. The fourth-order valence-corrected chi connectivity index (χ4v) is 4.74. The predicted molar refractivity (Wildman–Crippen MR) is 118 cm³/mol. The molecule has 11 heteroatoms. The van der Waals surface area contributed by atoms with Crippen LogP contribution >= 0.6 is 0 Å². The van der Waals surface area contributed by atoms with Crippen molar-refractivity contribution < 1.29 is 18.0 Å². The summed E-state index contributed by atoms with van der Waals surface area (Å²) in [5.74, 6) is 1.27. The van der Waals surface area contributed by atoms with E-state index in [1.807, 2.05) is 6.92 Å². The number of hydrogen-bond donors (Lipinski definition) is 1. The van der Waals surface area contributed by atoms with E-state index in [4.69, 9.17) is 4.98 Å². The molecule has 1 saturated heterocycles. The Morgan fingerprint density at radius 1 is 1.21 bits per heavy atom. The summed E-state index contributed by atoms with van der Waals surface area (Å²) >= 11 is 0. The number of nitrogens with one attached hydrogen (secondary N) is 1. The highest BCUT2D eigenvalue weighted by Crippen LogP contribution is 2.38. The van der Waals surface area contributed by atoms with Gasteiger partial charge in [-0.3, -0.25) is 4.79 Å². The molecule has 0 unspecified atom stereocenters. The second kappa shape index (κ2) is 8.07. The van der Waals surface area contributed by atoms with Crippen molar-refractivity contribution in [2.24, 2.45) is 7.05 Å². The fraction of sp³-hybridized carbons (Fsp3) is 0.435. The van der Waals surface area contributed by atoms with Crippen LogP contribution in [0.4, 0.5) is 19.0 Å². The molecule has 8 nitrogen and oxygen atoms in total. The van der Waals surface area contributed by atoms with Crippen LogP contribution in [0.5, 0.6) is 0 Å². The molecule has 0 saturated carbocycles. The molecule has 1 spiro atoms. The first-order valence-electron chi connectivity index (χ1n) is 11.1. The fourth-order valence-electron chi connectivity index (χ4n) is 4.74. The van der Waals surface area contributed by atoms with E-state index in [2.05, 4.69) is 26.8 Å². The quantitative estimate of drug-likeness (QED) is 0.631. The summed E-state index contributed by atoms with van der Waals surface area (Å²) in [6.07, 6.45) is -1.85. The molecule has 0 aliphatic carbocycles. The first-order valence-corrected chi connectivity index (χ1v) is 11.1. The second-order valence-corrected chi connectivity index (χ2v) is 9.07. The molecule has 34 heavy (non-hydrogen) atoms. The van der Waals surface area contributed by atoms with Crippen LogP contribution in [0.3, 0.4) is 0 Å². The zero-order valence-electron chi connectivity index (χ0n) is 18.9. The molecule has 2 aliphatic rings. The summed E-state index contributed by atoms with van der Waals surface area (Å²) in [7, 11) is 1.72. The number of alkyl halides is 3. The van der Waals surface area contributed by atoms with Gasteiger partial charge in [0.25, 0.3) is 0 Å². The summed E-state index contributed by atoms with van der Waals surface area (Å²) in [5, 5.41) is 15.8. The molecule has 0 radical (unpaired) electrons. The lowest BCUT2D eigenvalue weighted by Gasteiger charge is -2.36. The molecule has 1 aromatic carbocycles. The van der Waals surface area contributed by atoms with Crippen LogP contribution in [-0.4, -0.2) is 54.6 Å². The van der Waals surface area contributed by atoms with E-state index in [1.54, 1.807) is 11.9 Å². The molecule has 2 aliphatic heterocycles. The third-order valence-electron chi connectivity index (χ3n) is 6.64. The number of tetrazole rings is 1. The second-order valence-electron chi connectivity index (χ2n) is 9.07. The van der Waals surface area contributed by atoms with Gasteiger partial charge in [0.05, 0.1) is 30.3 Å². The van der Waals surface area contributed by atoms with Crippen LogP contribution < -0.4 is 5.32 Å². The van der Waals surface area contributed by atoms with Gasteiger partial charge in [-0.2, -0.15) is 18.0 Å². The van der Waals surface area contributed by atoms with Gasteiger partial charge >= 0.3 is 6.18 Å². The normalized spacial score (nSPS) is 19.9. The summed E-state index contributed by atoms with van der Waals surface area (Å²) < 4.78 is 38.3. The first-order chi connectivity index (χ1) is 16.1. The van der Waals surface area contributed by atoms with Crippen molar-refractivity contribution in [3.05, 3.63) is 52.7 Å². The zero-order valence-corrected chi connectivity index (χ0v) is 18.9. The Morgan fingerprint density at radius 3 is 2.65 bits per heavy atom. The molecule has 4 heterocycles. The molecule has 2 aromatic heterocycles. The van der Waals surface area contributed by atoms with Crippen LogP contribution in [0.25, 0.3) is 11.4 Å². The van der Waals surface area contributed by atoms with Gasteiger partial charge in [-0.25, -0.2) is 4.98 Å². The van der Waals surface area contributed by atoms with E-state index in [9.17, 15) is 18.0 Å². The van der Waals surface area contributed by atoms with E-state index < -0.39 is 11.7 Å². The van der Waals surface area contributed by atoms with Crippen LogP contribution in [0.2, 0.25) is 0 Å². The molecule has 1 atom stereocenters. The third-order valence-corrected chi connectivity index (χ3v) is 6.64. The number of pyridine rings is 1. The van der Waals surface area contributed by atoms with Crippen LogP contribution in [0.15, 0.2) is 30.3 Å². The summed E-state index contributed by atoms with van der Waals surface area (Å²) in [6, 6.07) is 6.84. The lowest BCUT2D eigenvalue weighted by atomic mass is 9.86. The number of halogens is 3. The average Bonchev–Trinajstić information content (AvgIpc) is 3.40. The van der Waals surface area contributed by atoms with Crippen molar-refractivity contribution in [3.63, 3.8) is 0 Å². The molecule has 178 valence electrons. The number of carbonyl (C=O) groups is 1. The van der Waals surface area contributed by atoms with Crippen molar-refractivity contribution in [1.82, 2.24) is 30.1 Å². The lowest BCUT2D eigenvalue weighted by molar-refractivity contribution is -0.137. The predicted octanol–water partition coefficient (Wildman–Crippen LogP) is 3.17. The van der Waals surface area contributed by atoms with E-state index in [0.29, 0.717) is 24.5 Å². The SMILES string of the molecule is Cc1nc2c(cc1-c1nnn(C)n1)CC[C@]1(CCN(C(=O)Cc3ccc(C(F)(F)F)cc3)C1)N2. The molecule has 1 N–H and O–H groups in total. The monoisotopic (exact) mass is 471 g/mol. The van der Waals surface area contributed by atoms with Gasteiger partial charge in [0.15, 0.2) is 0 Å². The Hall–Kier alpha value is -3.50. The Kier molecular flexibility index (Phi) is 5.29. The van der Waals surface area contributed by atoms with E-state index >= 15 is 0 Å². The largest absolute Gasteiger partial charge is 0.416 e. The molecule has 1 amide bonds. The minimum Gasteiger partial charge on any atom is -0.363 e. The number of fused-ring (bicyclic) bond motifs is 1. The number of carbonyl (C=O) groups excluding carboxylic acids is 1. The molecule has 0 bridgehead atoms. The summed E-state index contributed by atoms with van der Waals surface area (Å²) in [6.45, 7) is 3.05. The first kappa shape index (κ1) is 22.3.